The number of benzene rings is 1. The lowest BCUT2D eigenvalue weighted by atomic mass is 9.79. The molecule has 32 heavy (non-hydrogen) atoms. The van der Waals surface area contributed by atoms with E-state index in [1.54, 1.807) is 23.0 Å². The lowest BCUT2D eigenvalue weighted by Gasteiger charge is -2.37. The highest BCUT2D eigenvalue weighted by molar-refractivity contribution is 6.02. The molecule has 2 amide bonds. The van der Waals surface area contributed by atoms with E-state index in [1.807, 2.05) is 6.07 Å². The molecule has 0 aliphatic heterocycles. The van der Waals surface area contributed by atoms with Gasteiger partial charge in [-0.1, -0.05) is 18.2 Å². The second kappa shape index (κ2) is 9.09. The van der Waals surface area contributed by atoms with E-state index in [4.69, 9.17) is 12.3 Å². The van der Waals surface area contributed by atoms with Gasteiger partial charge in [-0.25, -0.2) is 11.0 Å². The molecule has 4 rings (SSSR count). The van der Waals surface area contributed by atoms with Crippen molar-refractivity contribution in [1.82, 2.24) is 15.1 Å². The van der Waals surface area contributed by atoms with Gasteiger partial charge in [0, 0.05) is 30.3 Å². The van der Waals surface area contributed by atoms with Crippen molar-refractivity contribution in [2.24, 2.45) is 11.7 Å². The van der Waals surface area contributed by atoms with Crippen molar-refractivity contribution in [2.75, 3.05) is 11.9 Å². The highest BCUT2D eigenvalue weighted by atomic mass is 19.1. The summed E-state index contributed by atoms with van der Waals surface area (Å²) in [6.45, 7) is 8.12. The first kappa shape index (κ1) is 22.0. The number of rotatable bonds is 8. The van der Waals surface area contributed by atoms with Crippen LogP contribution in [-0.4, -0.2) is 34.2 Å². The normalized spacial score (nSPS) is 22.8. The summed E-state index contributed by atoms with van der Waals surface area (Å²) in [6.07, 6.45) is 6.12. The molecule has 0 atom stereocenters. The van der Waals surface area contributed by atoms with Gasteiger partial charge in [-0.15, -0.1) is 0 Å². The van der Waals surface area contributed by atoms with Gasteiger partial charge in [0.1, 0.15) is 16.9 Å². The highest BCUT2D eigenvalue weighted by Crippen LogP contribution is 2.37. The number of halogens is 1. The summed E-state index contributed by atoms with van der Waals surface area (Å²) >= 11 is 0. The van der Waals surface area contributed by atoms with Crippen molar-refractivity contribution < 1.29 is 14.0 Å². The van der Waals surface area contributed by atoms with Gasteiger partial charge < -0.3 is 21.2 Å². The standard InChI is InChI=1S/C23H27FN6O2/c1-26-14-23(10-8-17(9-11-23)27-12-16-4-2-3-5-19(16)24)30-13-18(20(25)31)21(29-30)28-22(32)15-6-7-15/h2-5,13,15,17,27H,6-12,14H2,(H2,25,31)(H,28,29,32). The molecule has 2 aliphatic rings. The molecular formula is C23H27FN6O2. The van der Waals surface area contributed by atoms with Crippen molar-refractivity contribution in [1.29, 1.82) is 0 Å². The molecule has 2 aliphatic carbocycles. The Morgan fingerprint density at radius 1 is 1.25 bits per heavy atom. The van der Waals surface area contributed by atoms with Gasteiger partial charge in [-0.2, -0.15) is 5.10 Å². The van der Waals surface area contributed by atoms with Crippen LogP contribution in [0.4, 0.5) is 10.2 Å². The number of hydrogen-bond acceptors (Lipinski definition) is 4. The Morgan fingerprint density at radius 3 is 2.59 bits per heavy atom. The van der Waals surface area contributed by atoms with Crippen molar-refractivity contribution in [3.63, 3.8) is 0 Å². The van der Waals surface area contributed by atoms with Gasteiger partial charge in [0.25, 0.3) is 5.91 Å². The van der Waals surface area contributed by atoms with Crippen LogP contribution in [-0.2, 0) is 16.9 Å². The van der Waals surface area contributed by atoms with Crippen LogP contribution in [0.2, 0.25) is 0 Å². The molecule has 2 aromatic rings. The maximum atomic E-state index is 13.9. The fourth-order valence-electron chi connectivity index (χ4n) is 4.32. The minimum atomic E-state index is -0.666. The summed E-state index contributed by atoms with van der Waals surface area (Å²) in [5.74, 6) is -0.916. The first-order valence-electron chi connectivity index (χ1n) is 10.9. The number of nitrogens with one attached hydrogen (secondary N) is 2. The highest BCUT2D eigenvalue weighted by Gasteiger charge is 2.42. The zero-order valence-electron chi connectivity index (χ0n) is 17.8. The van der Waals surface area contributed by atoms with Crippen LogP contribution in [0.25, 0.3) is 4.85 Å². The molecule has 1 aromatic carbocycles. The number of nitrogens with zero attached hydrogens (tertiary/aromatic N) is 3. The Kier molecular flexibility index (Phi) is 6.24. The first-order chi connectivity index (χ1) is 15.4. The second-order valence-electron chi connectivity index (χ2n) is 8.75. The van der Waals surface area contributed by atoms with Gasteiger partial charge in [0.15, 0.2) is 5.82 Å². The molecule has 8 nitrogen and oxygen atoms in total. The lowest BCUT2D eigenvalue weighted by molar-refractivity contribution is -0.117. The van der Waals surface area contributed by atoms with Crippen molar-refractivity contribution in [3.05, 3.63) is 58.8 Å². The first-order valence-corrected chi connectivity index (χ1v) is 10.9. The van der Waals surface area contributed by atoms with E-state index < -0.39 is 11.4 Å². The summed E-state index contributed by atoms with van der Waals surface area (Å²) in [6, 6.07) is 6.89. The van der Waals surface area contributed by atoms with Gasteiger partial charge in [-0.05, 0) is 44.6 Å². The number of carbonyl (C=O) groups excluding carboxylic acids is 2. The predicted octanol–water partition coefficient (Wildman–Crippen LogP) is 2.82. The number of hydrogen-bond donors (Lipinski definition) is 3. The Labute approximate surface area is 186 Å². The van der Waals surface area contributed by atoms with Crippen molar-refractivity contribution in [2.45, 2.75) is 56.7 Å². The number of nitrogens with two attached hydrogens (primary N) is 1. The van der Waals surface area contributed by atoms with E-state index in [9.17, 15) is 14.0 Å². The number of carbonyl (C=O) groups is 2. The average Bonchev–Trinajstić information content (AvgIpc) is 3.54. The fourth-order valence-corrected chi connectivity index (χ4v) is 4.32. The van der Waals surface area contributed by atoms with Crippen LogP contribution in [0, 0.1) is 18.3 Å². The van der Waals surface area contributed by atoms with Gasteiger partial charge in [0.05, 0.1) is 0 Å². The van der Waals surface area contributed by atoms with Crippen LogP contribution in [0.15, 0.2) is 30.5 Å². The monoisotopic (exact) mass is 438 g/mol. The van der Waals surface area contributed by atoms with Crippen molar-refractivity contribution >= 4 is 17.6 Å². The topological polar surface area (TPSA) is 106 Å². The number of aromatic nitrogens is 2. The number of anilines is 1. The second-order valence-corrected chi connectivity index (χ2v) is 8.75. The summed E-state index contributed by atoms with van der Waals surface area (Å²) in [5.41, 5.74) is 5.73. The van der Waals surface area contributed by atoms with Crippen LogP contribution >= 0.6 is 0 Å². The minimum Gasteiger partial charge on any atom is -0.365 e. The fraction of sp³-hybridized carbons (Fsp3) is 0.478. The molecule has 0 radical (unpaired) electrons. The predicted molar refractivity (Wildman–Crippen MR) is 117 cm³/mol. The van der Waals surface area contributed by atoms with Crippen LogP contribution in [0.1, 0.15) is 54.4 Å². The molecule has 0 spiro atoms. The SMILES string of the molecule is [C-]#[N+]CC1(n2cc(C(N)=O)c(NC(=O)C3CC3)n2)CCC(NCc2ccccc2F)CC1. The summed E-state index contributed by atoms with van der Waals surface area (Å²) in [7, 11) is 0. The summed E-state index contributed by atoms with van der Waals surface area (Å²) in [4.78, 5) is 27.8. The maximum Gasteiger partial charge on any atom is 0.254 e. The van der Waals surface area contributed by atoms with E-state index >= 15 is 0 Å². The zero-order chi connectivity index (χ0) is 22.7. The van der Waals surface area contributed by atoms with Crippen LogP contribution in [0.3, 0.4) is 0 Å². The van der Waals surface area contributed by atoms with E-state index in [0.717, 1.165) is 25.7 Å². The Hall–Kier alpha value is -3.25. The molecule has 4 N–H and O–H groups in total. The Bertz CT molecular complexity index is 1050. The molecule has 0 saturated heterocycles. The Morgan fingerprint density at radius 2 is 1.97 bits per heavy atom. The third-order valence-corrected chi connectivity index (χ3v) is 6.48. The molecular weight excluding hydrogens is 411 g/mol. The van der Waals surface area contributed by atoms with Gasteiger partial charge in [0.2, 0.25) is 12.5 Å². The molecule has 2 saturated carbocycles. The third kappa shape index (κ3) is 4.65. The number of primary amides is 1. The molecule has 0 bridgehead atoms. The maximum absolute atomic E-state index is 13.9. The number of amides is 2. The average molecular weight is 439 g/mol. The van der Waals surface area contributed by atoms with Gasteiger partial charge in [-0.3, -0.25) is 14.3 Å². The van der Waals surface area contributed by atoms with Gasteiger partial charge >= 0.3 is 0 Å². The lowest BCUT2D eigenvalue weighted by Crippen LogP contribution is -2.45. The van der Waals surface area contributed by atoms with E-state index in [-0.39, 0.29) is 41.6 Å². The van der Waals surface area contributed by atoms with E-state index in [2.05, 4.69) is 20.6 Å². The summed E-state index contributed by atoms with van der Waals surface area (Å²) < 4.78 is 15.5. The quantitative estimate of drug-likeness (QED) is 0.551. The third-order valence-electron chi connectivity index (χ3n) is 6.48. The van der Waals surface area contributed by atoms with E-state index in [1.165, 1.54) is 6.07 Å². The minimum absolute atomic E-state index is 0.0333. The zero-order valence-corrected chi connectivity index (χ0v) is 17.8. The smallest absolute Gasteiger partial charge is 0.254 e. The van der Waals surface area contributed by atoms with Crippen molar-refractivity contribution in [3.8, 4) is 0 Å². The molecule has 2 fully saturated rings. The van der Waals surface area contributed by atoms with Crippen LogP contribution < -0.4 is 16.4 Å². The summed E-state index contributed by atoms with van der Waals surface area (Å²) in [5, 5.41) is 10.6. The Balaban J connectivity index is 1.47. The molecule has 9 heteroatoms. The molecule has 0 unspecified atom stereocenters. The van der Waals surface area contributed by atoms with Crippen LogP contribution in [0.5, 0.6) is 0 Å². The van der Waals surface area contributed by atoms with E-state index in [0.29, 0.717) is 24.9 Å². The largest absolute Gasteiger partial charge is 0.365 e. The molecule has 168 valence electrons. The molecule has 1 aromatic heterocycles. The molecule has 1 heterocycles.